The highest BCUT2D eigenvalue weighted by Gasteiger charge is 2.09. The molecule has 112 valence electrons. The molecule has 21 heavy (non-hydrogen) atoms. The molecule has 0 bridgehead atoms. The van der Waals surface area contributed by atoms with Crippen molar-refractivity contribution in [2.24, 2.45) is 0 Å². The van der Waals surface area contributed by atoms with Crippen LogP contribution in [0.5, 0.6) is 0 Å². The van der Waals surface area contributed by atoms with Crippen LogP contribution >= 0.6 is 11.3 Å². The second kappa shape index (κ2) is 7.38. The van der Waals surface area contributed by atoms with E-state index in [2.05, 4.69) is 36.2 Å². The van der Waals surface area contributed by atoms with Crippen LogP contribution in [0.3, 0.4) is 0 Å². The van der Waals surface area contributed by atoms with E-state index >= 15 is 0 Å². The highest BCUT2D eigenvalue weighted by Crippen LogP contribution is 2.18. The summed E-state index contributed by atoms with van der Waals surface area (Å²) in [5.41, 5.74) is 2.08. The smallest absolute Gasteiger partial charge is 0.265 e. The van der Waals surface area contributed by atoms with E-state index in [0.717, 1.165) is 35.1 Å². The number of hydrogen-bond acceptors (Lipinski definition) is 3. The quantitative estimate of drug-likeness (QED) is 0.869. The summed E-state index contributed by atoms with van der Waals surface area (Å²) in [5.74, 6) is -0.0342. The number of aryl methyl sites for hydroxylation is 1. The van der Waals surface area contributed by atoms with E-state index in [1.165, 1.54) is 16.9 Å². The fourth-order valence-electron chi connectivity index (χ4n) is 2.20. The van der Waals surface area contributed by atoms with Crippen molar-refractivity contribution in [2.45, 2.75) is 27.3 Å². The second-order valence-electron chi connectivity index (χ2n) is 5.03. The third-order valence-corrected chi connectivity index (χ3v) is 4.45. The number of amides is 1. The monoisotopic (exact) mass is 302 g/mol. The molecule has 1 aromatic heterocycles. The molecule has 0 radical (unpaired) electrons. The van der Waals surface area contributed by atoms with Gasteiger partial charge in [0.2, 0.25) is 0 Å². The van der Waals surface area contributed by atoms with Crippen molar-refractivity contribution in [1.82, 2.24) is 4.90 Å². The molecule has 1 heterocycles. The van der Waals surface area contributed by atoms with Gasteiger partial charge in [0, 0.05) is 17.1 Å². The van der Waals surface area contributed by atoms with Crippen LogP contribution in [0.2, 0.25) is 0 Å². The van der Waals surface area contributed by atoms with Gasteiger partial charge in [-0.05, 0) is 49.8 Å². The number of thiophene rings is 1. The lowest BCUT2D eigenvalue weighted by Gasteiger charge is -2.18. The summed E-state index contributed by atoms with van der Waals surface area (Å²) in [6.45, 7) is 9.30. The largest absolute Gasteiger partial charge is 0.321 e. The molecule has 0 saturated heterocycles. The molecule has 0 saturated carbocycles. The highest BCUT2D eigenvalue weighted by atomic mass is 32.1. The summed E-state index contributed by atoms with van der Waals surface area (Å²) in [7, 11) is 0. The zero-order valence-corrected chi connectivity index (χ0v) is 13.7. The summed E-state index contributed by atoms with van der Waals surface area (Å²) in [4.78, 5) is 16.4. The first kappa shape index (κ1) is 15.7. The zero-order chi connectivity index (χ0) is 15.2. The van der Waals surface area contributed by atoms with Crippen molar-refractivity contribution in [3.05, 3.63) is 51.7 Å². The number of nitrogens with one attached hydrogen (secondary N) is 1. The third kappa shape index (κ3) is 4.41. The van der Waals surface area contributed by atoms with Gasteiger partial charge in [-0.15, -0.1) is 11.3 Å². The number of benzene rings is 1. The third-order valence-electron chi connectivity index (χ3n) is 3.45. The van der Waals surface area contributed by atoms with E-state index in [9.17, 15) is 4.79 Å². The molecule has 0 spiro atoms. The molecule has 1 aromatic carbocycles. The summed E-state index contributed by atoms with van der Waals surface area (Å²) in [6, 6.07) is 11.9. The highest BCUT2D eigenvalue weighted by molar-refractivity contribution is 7.14. The van der Waals surface area contributed by atoms with Gasteiger partial charge in [0.05, 0.1) is 4.88 Å². The number of nitrogens with zero attached hydrogens (tertiary/aromatic N) is 1. The first-order valence-electron chi connectivity index (χ1n) is 7.31. The Bertz CT molecular complexity index is 602. The van der Waals surface area contributed by atoms with E-state index in [0.29, 0.717) is 0 Å². The molecule has 1 N–H and O–H groups in total. The van der Waals surface area contributed by atoms with Crippen LogP contribution in [0.25, 0.3) is 0 Å². The van der Waals surface area contributed by atoms with Crippen LogP contribution in [0.1, 0.15) is 34.0 Å². The first-order valence-corrected chi connectivity index (χ1v) is 8.13. The number of hydrogen-bond donors (Lipinski definition) is 1. The SMILES string of the molecule is CCN(CC)Cc1cccc(NC(=O)c2ccc(C)s2)c1. The summed E-state index contributed by atoms with van der Waals surface area (Å²) in [5, 5.41) is 2.97. The molecule has 4 heteroatoms. The summed E-state index contributed by atoms with van der Waals surface area (Å²) < 4.78 is 0. The molecule has 2 aromatic rings. The van der Waals surface area contributed by atoms with Gasteiger partial charge >= 0.3 is 0 Å². The Balaban J connectivity index is 2.05. The van der Waals surface area contributed by atoms with Crippen LogP contribution in [0.4, 0.5) is 5.69 Å². The molecule has 0 atom stereocenters. The predicted molar refractivity (Wildman–Crippen MR) is 90.1 cm³/mol. The Hall–Kier alpha value is -1.65. The predicted octanol–water partition coefficient (Wildman–Crippen LogP) is 4.15. The van der Waals surface area contributed by atoms with Gasteiger partial charge in [0.25, 0.3) is 5.91 Å². The van der Waals surface area contributed by atoms with Crippen molar-refractivity contribution in [3.63, 3.8) is 0 Å². The van der Waals surface area contributed by atoms with Crippen LogP contribution in [0, 0.1) is 6.92 Å². The molecule has 0 aliphatic heterocycles. The van der Waals surface area contributed by atoms with E-state index in [-0.39, 0.29) is 5.91 Å². The maximum Gasteiger partial charge on any atom is 0.265 e. The van der Waals surface area contributed by atoms with Crippen molar-refractivity contribution >= 4 is 22.9 Å². The summed E-state index contributed by atoms with van der Waals surface area (Å²) >= 11 is 1.52. The number of carbonyl (C=O) groups excluding carboxylic acids is 1. The molecule has 3 nitrogen and oxygen atoms in total. The first-order chi connectivity index (χ1) is 10.1. The molecular weight excluding hydrogens is 280 g/mol. The average molecular weight is 302 g/mol. The van der Waals surface area contributed by atoms with E-state index in [4.69, 9.17) is 0 Å². The second-order valence-corrected chi connectivity index (χ2v) is 6.31. The van der Waals surface area contributed by atoms with E-state index in [1.807, 2.05) is 31.2 Å². The molecular formula is C17H22N2OS. The van der Waals surface area contributed by atoms with Crippen molar-refractivity contribution in [2.75, 3.05) is 18.4 Å². The number of carbonyl (C=O) groups is 1. The molecule has 0 aliphatic rings. The summed E-state index contributed by atoms with van der Waals surface area (Å²) in [6.07, 6.45) is 0. The van der Waals surface area contributed by atoms with Crippen LogP contribution in [-0.2, 0) is 6.54 Å². The minimum Gasteiger partial charge on any atom is -0.321 e. The molecule has 0 unspecified atom stereocenters. The lowest BCUT2D eigenvalue weighted by molar-refractivity contribution is 0.103. The number of anilines is 1. The van der Waals surface area contributed by atoms with Gasteiger partial charge in [-0.2, -0.15) is 0 Å². The standard InChI is InChI=1S/C17H22N2OS/c1-4-19(5-2)12-14-7-6-8-15(11-14)18-17(20)16-10-9-13(3)21-16/h6-11H,4-5,12H2,1-3H3,(H,18,20). The minimum atomic E-state index is -0.0342. The Morgan fingerprint density at radius 3 is 2.57 bits per heavy atom. The zero-order valence-electron chi connectivity index (χ0n) is 12.8. The Morgan fingerprint density at radius 2 is 1.95 bits per heavy atom. The Labute approximate surface area is 130 Å². The fourth-order valence-corrected chi connectivity index (χ4v) is 2.96. The topological polar surface area (TPSA) is 32.3 Å². The Kier molecular flexibility index (Phi) is 5.53. The van der Waals surface area contributed by atoms with Crippen molar-refractivity contribution in [1.29, 1.82) is 0 Å². The van der Waals surface area contributed by atoms with Crippen LogP contribution in [-0.4, -0.2) is 23.9 Å². The molecule has 2 rings (SSSR count). The van der Waals surface area contributed by atoms with Crippen LogP contribution in [0.15, 0.2) is 36.4 Å². The Morgan fingerprint density at radius 1 is 1.19 bits per heavy atom. The van der Waals surface area contributed by atoms with Gasteiger partial charge in [0.15, 0.2) is 0 Å². The maximum absolute atomic E-state index is 12.2. The van der Waals surface area contributed by atoms with Crippen molar-refractivity contribution in [3.8, 4) is 0 Å². The lowest BCUT2D eigenvalue weighted by atomic mass is 10.2. The van der Waals surface area contributed by atoms with Gasteiger partial charge < -0.3 is 5.32 Å². The maximum atomic E-state index is 12.2. The van der Waals surface area contributed by atoms with Gasteiger partial charge in [-0.25, -0.2) is 0 Å². The van der Waals surface area contributed by atoms with Gasteiger partial charge in [-0.1, -0.05) is 26.0 Å². The number of rotatable bonds is 6. The van der Waals surface area contributed by atoms with Gasteiger partial charge in [0.1, 0.15) is 0 Å². The lowest BCUT2D eigenvalue weighted by Crippen LogP contribution is -2.22. The minimum absolute atomic E-state index is 0.0342. The molecule has 0 fully saturated rings. The molecule has 1 amide bonds. The van der Waals surface area contributed by atoms with Crippen LogP contribution < -0.4 is 5.32 Å². The van der Waals surface area contributed by atoms with Gasteiger partial charge in [-0.3, -0.25) is 9.69 Å². The normalized spacial score (nSPS) is 10.9. The fraction of sp³-hybridized carbons (Fsp3) is 0.353. The van der Waals surface area contributed by atoms with E-state index in [1.54, 1.807) is 0 Å². The van der Waals surface area contributed by atoms with Crippen molar-refractivity contribution < 1.29 is 4.79 Å². The van der Waals surface area contributed by atoms with E-state index < -0.39 is 0 Å². The average Bonchev–Trinajstić information content (AvgIpc) is 2.92. The molecule has 0 aliphatic carbocycles.